The number of aliphatic hydroxyl groups excluding tert-OH is 1. The van der Waals surface area contributed by atoms with E-state index in [2.05, 4.69) is 15.3 Å². The molecule has 0 saturated carbocycles. The molecule has 0 amide bonds. The van der Waals surface area contributed by atoms with E-state index in [9.17, 15) is 5.11 Å². The maximum atomic E-state index is 9.81. The number of aliphatic imine (C=N–C) groups is 1. The molecule has 0 aliphatic carbocycles. The minimum Gasteiger partial charge on any atom is -0.370 e. The van der Waals surface area contributed by atoms with Gasteiger partial charge in [-0.15, -0.1) is 0 Å². The monoisotopic (exact) mass is 443 g/mol. The third-order valence-electron chi connectivity index (χ3n) is 4.42. The molecule has 0 bridgehead atoms. The molecule has 1 heterocycles. The molecule has 1 atom stereocenters. The van der Waals surface area contributed by atoms with Crippen LogP contribution in [0.4, 0.5) is 0 Å². The minimum atomic E-state index is -0.913. The number of rotatable bonds is 6. The van der Waals surface area contributed by atoms with Gasteiger partial charge in [0.05, 0.1) is 12.2 Å². The van der Waals surface area contributed by atoms with Gasteiger partial charge in [0.25, 0.3) is 0 Å². The number of aromatic nitrogens is 1. The van der Waals surface area contributed by atoms with Crippen LogP contribution < -0.4 is 11.1 Å². The van der Waals surface area contributed by atoms with Crippen LogP contribution in [0.1, 0.15) is 5.56 Å². The summed E-state index contributed by atoms with van der Waals surface area (Å²) in [6, 6.07) is 17.2. The molecular weight excluding hydrogens is 421 g/mol. The number of guanidine groups is 1. The molecule has 1 aromatic heterocycles. The molecule has 3 rings (SSSR count). The third-order valence-corrected chi connectivity index (χ3v) is 4.92. The molecule has 0 saturated heterocycles. The van der Waals surface area contributed by atoms with Crippen LogP contribution in [0.5, 0.6) is 0 Å². The van der Waals surface area contributed by atoms with E-state index in [0.29, 0.717) is 16.6 Å². The number of aliphatic hydroxyl groups is 1. The molecule has 8 heteroatoms. The maximum absolute atomic E-state index is 9.81. The Bertz CT molecular complexity index is 1020. The highest BCUT2D eigenvalue weighted by atomic mass is 35.5. The summed E-state index contributed by atoms with van der Waals surface area (Å²) in [5.74, 6) is 0.144. The summed E-state index contributed by atoms with van der Waals surface area (Å²) >= 11 is 12.1. The first-order chi connectivity index (χ1) is 14.3. The zero-order valence-corrected chi connectivity index (χ0v) is 18.2. The highest BCUT2D eigenvalue weighted by molar-refractivity contribution is 6.31. The van der Waals surface area contributed by atoms with E-state index in [1.165, 1.54) is 0 Å². The zero-order valence-electron chi connectivity index (χ0n) is 16.7. The molecule has 0 aliphatic rings. The fraction of sp³-hybridized carbons (Fsp3) is 0.182. The lowest BCUT2D eigenvalue weighted by Crippen LogP contribution is -2.47. The quantitative estimate of drug-likeness (QED) is 0.304. The molecule has 2 aromatic carbocycles. The van der Waals surface area contributed by atoms with Crippen molar-refractivity contribution in [2.75, 3.05) is 14.1 Å². The van der Waals surface area contributed by atoms with E-state index in [4.69, 9.17) is 28.9 Å². The van der Waals surface area contributed by atoms with E-state index in [-0.39, 0.29) is 5.96 Å². The van der Waals surface area contributed by atoms with E-state index in [0.717, 1.165) is 27.9 Å². The Morgan fingerprint density at radius 2 is 1.63 bits per heavy atom. The second kappa shape index (κ2) is 9.91. The van der Waals surface area contributed by atoms with Crippen molar-refractivity contribution in [2.24, 2.45) is 10.7 Å². The summed E-state index contributed by atoms with van der Waals surface area (Å²) in [6.45, 7) is 0.313. The summed E-state index contributed by atoms with van der Waals surface area (Å²) < 4.78 is 0. The number of halogens is 2. The third kappa shape index (κ3) is 5.70. The highest BCUT2D eigenvalue weighted by Gasteiger charge is 2.11. The zero-order chi connectivity index (χ0) is 21.7. The van der Waals surface area contributed by atoms with Crippen LogP contribution >= 0.6 is 23.2 Å². The van der Waals surface area contributed by atoms with Crippen molar-refractivity contribution >= 4 is 29.2 Å². The van der Waals surface area contributed by atoms with E-state index >= 15 is 0 Å². The molecule has 1 unspecified atom stereocenters. The molecule has 0 radical (unpaired) electrons. The first-order valence-corrected chi connectivity index (χ1v) is 10.0. The Kier molecular flexibility index (Phi) is 7.29. The van der Waals surface area contributed by atoms with Gasteiger partial charge < -0.3 is 16.2 Å². The van der Waals surface area contributed by atoms with Gasteiger partial charge in [-0.05, 0) is 55.6 Å². The maximum Gasteiger partial charge on any atom is 0.191 e. The predicted octanol–water partition coefficient (Wildman–Crippen LogP) is 3.96. The predicted molar refractivity (Wildman–Crippen MR) is 123 cm³/mol. The summed E-state index contributed by atoms with van der Waals surface area (Å²) in [4.78, 5) is 10.6. The molecule has 0 spiro atoms. The summed E-state index contributed by atoms with van der Waals surface area (Å²) in [7, 11) is 3.45. The molecular formula is C22H23Cl2N5O. The van der Waals surface area contributed by atoms with Crippen molar-refractivity contribution in [3.05, 3.63) is 76.4 Å². The molecule has 0 aliphatic heterocycles. The highest BCUT2D eigenvalue weighted by Crippen LogP contribution is 2.32. The van der Waals surface area contributed by atoms with Crippen molar-refractivity contribution < 1.29 is 5.11 Å². The van der Waals surface area contributed by atoms with Crippen molar-refractivity contribution in [1.82, 2.24) is 15.2 Å². The second-order valence-corrected chi connectivity index (χ2v) is 7.81. The molecule has 3 aromatic rings. The van der Waals surface area contributed by atoms with E-state index < -0.39 is 6.35 Å². The van der Waals surface area contributed by atoms with Gasteiger partial charge in [-0.25, -0.2) is 4.99 Å². The van der Waals surface area contributed by atoms with Crippen molar-refractivity contribution in [3.8, 4) is 22.4 Å². The number of hydrogen-bond acceptors (Lipinski definition) is 4. The average Bonchev–Trinajstić information content (AvgIpc) is 2.73. The lowest BCUT2D eigenvalue weighted by atomic mass is 9.98. The number of hydrogen-bond donors (Lipinski definition) is 3. The fourth-order valence-electron chi connectivity index (χ4n) is 2.77. The Balaban J connectivity index is 1.94. The smallest absolute Gasteiger partial charge is 0.191 e. The van der Waals surface area contributed by atoms with E-state index in [1.54, 1.807) is 25.2 Å². The van der Waals surface area contributed by atoms with Gasteiger partial charge in [0.1, 0.15) is 0 Å². The summed E-state index contributed by atoms with van der Waals surface area (Å²) in [5, 5.41) is 13.9. The number of nitrogens with two attached hydrogens (primary N) is 1. The summed E-state index contributed by atoms with van der Waals surface area (Å²) in [6.07, 6.45) is 0.853. The molecule has 30 heavy (non-hydrogen) atoms. The first kappa shape index (κ1) is 22.1. The van der Waals surface area contributed by atoms with Gasteiger partial charge in [-0.1, -0.05) is 47.5 Å². The molecule has 156 valence electrons. The lowest BCUT2D eigenvalue weighted by molar-refractivity contribution is 0.0276. The van der Waals surface area contributed by atoms with Gasteiger partial charge >= 0.3 is 0 Å². The first-order valence-electron chi connectivity index (χ1n) is 9.25. The SMILES string of the molecule is CN(C)C(O)NC(N)=NCc1cnc(-c2ccc(Cl)cc2)c(-c2ccc(Cl)cc2)c1. The van der Waals surface area contributed by atoms with Crippen LogP contribution in [0.25, 0.3) is 22.4 Å². The van der Waals surface area contributed by atoms with Crippen molar-refractivity contribution in [1.29, 1.82) is 0 Å². The van der Waals surface area contributed by atoms with Crippen LogP contribution in [0.2, 0.25) is 10.0 Å². The fourth-order valence-corrected chi connectivity index (χ4v) is 3.02. The van der Waals surface area contributed by atoms with Crippen LogP contribution in [0.3, 0.4) is 0 Å². The Hall–Kier alpha value is -2.64. The standard InChI is InChI=1S/C22H23Cl2N5O/c1-29(2)22(30)28-21(25)27-13-14-11-19(15-3-7-17(23)8-4-15)20(26-12-14)16-5-9-18(24)10-6-16/h3-12,22,30H,13H2,1-2H3,(H3,25,27,28). The van der Waals surface area contributed by atoms with E-state index in [1.807, 2.05) is 54.6 Å². The Morgan fingerprint density at radius 3 is 2.20 bits per heavy atom. The number of nitrogens with one attached hydrogen (secondary N) is 1. The minimum absolute atomic E-state index is 0.144. The van der Waals surface area contributed by atoms with Gasteiger partial charge in [0, 0.05) is 27.4 Å². The summed E-state index contributed by atoms with van der Waals surface area (Å²) in [5.41, 5.74) is 10.5. The lowest BCUT2D eigenvalue weighted by Gasteiger charge is -2.19. The van der Waals surface area contributed by atoms with Crippen LogP contribution in [-0.2, 0) is 6.54 Å². The van der Waals surface area contributed by atoms with Crippen molar-refractivity contribution in [2.45, 2.75) is 12.9 Å². The van der Waals surface area contributed by atoms with Crippen LogP contribution in [0, 0.1) is 0 Å². The number of benzene rings is 2. The largest absolute Gasteiger partial charge is 0.370 e. The average molecular weight is 444 g/mol. The Morgan fingerprint density at radius 1 is 1.07 bits per heavy atom. The number of nitrogens with zero attached hydrogens (tertiary/aromatic N) is 3. The topological polar surface area (TPSA) is 86.8 Å². The van der Waals surface area contributed by atoms with Crippen LogP contribution in [-0.4, -0.2) is 41.4 Å². The van der Waals surface area contributed by atoms with Gasteiger partial charge in [-0.3, -0.25) is 9.88 Å². The molecule has 0 fully saturated rings. The molecule has 6 nitrogen and oxygen atoms in total. The Labute approximate surface area is 186 Å². The molecule has 4 N–H and O–H groups in total. The van der Waals surface area contributed by atoms with Crippen molar-refractivity contribution in [3.63, 3.8) is 0 Å². The van der Waals surface area contributed by atoms with Crippen LogP contribution in [0.15, 0.2) is 65.8 Å². The second-order valence-electron chi connectivity index (χ2n) is 6.94. The van der Waals surface area contributed by atoms with Gasteiger partial charge in [0.2, 0.25) is 0 Å². The normalized spacial score (nSPS) is 12.8. The van der Waals surface area contributed by atoms with Gasteiger partial charge in [-0.2, -0.15) is 0 Å². The number of pyridine rings is 1. The van der Waals surface area contributed by atoms with Gasteiger partial charge in [0.15, 0.2) is 12.3 Å².